The zero-order valence-corrected chi connectivity index (χ0v) is 15.7. The van der Waals surface area contributed by atoms with Crippen molar-refractivity contribution in [1.82, 2.24) is 4.90 Å². The lowest BCUT2D eigenvalue weighted by Crippen LogP contribution is -2.49. The first-order valence-electron chi connectivity index (χ1n) is 7.42. The summed E-state index contributed by atoms with van der Waals surface area (Å²) in [6.45, 7) is 9.80. The third kappa shape index (κ3) is 3.14. The van der Waals surface area contributed by atoms with E-state index in [1.54, 1.807) is 11.0 Å². The Morgan fingerprint density at radius 3 is 2.36 bits per heavy atom. The lowest BCUT2D eigenvalue weighted by atomic mass is 9.91. The van der Waals surface area contributed by atoms with Crippen LogP contribution in [0.5, 0.6) is 0 Å². The van der Waals surface area contributed by atoms with Gasteiger partial charge in [0.25, 0.3) is 5.91 Å². The van der Waals surface area contributed by atoms with E-state index in [0.717, 1.165) is 3.57 Å². The normalized spacial score (nSPS) is 22.1. The van der Waals surface area contributed by atoms with Crippen LogP contribution in [0.3, 0.4) is 0 Å². The molecule has 0 spiro atoms. The summed E-state index contributed by atoms with van der Waals surface area (Å²) in [5.41, 5.74) is 0.274. The number of hydrogen-bond acceptors (Lipinski definition) is 3. The summed E-state index contributed by atoms with van der Waals surface area (Å²) in [4.78, 5) is 27.0. The highest BCUT2D eigenvalue weighted by Gasteiger charge is 2.51. The molecule has 1 heterocycles. The number of esters is 1. The van der Waals surface area contributed by atoms with Crippen LogP contribution in [0.25, 0.3) is 0 Å². The third-order valence-electron chi connectivity index (χ3n) is 3.73. The molecule has 120 valence electrons. The van der Waals surface area contributed by atoms with Gasteiger partial charge >= 0.3 is 5.97 Å². The molecular weight excluding hydrogens is 393 g/mol. The quantitative estimate of drug-likeness (QED) is 0.547. The summed E-state index contributed by atoms with van der Waals surface area (Å²) < 4.78 is 6.43. The van der Waals surface area contributed by atoms with Crippen LogP contribution < -0.4 is 0 Å². The van der Waals surface area contributed by atoms with Gasteiger partial charge in [-0.1, -0.05) is 46.8 Å². The number of carbonyl (C=O) groups is 2. The number of nitrogens with zero attached hydrogens (tertiary/aromatic N) is 1. The number of halogens is 1. The molecule has 1 aromatic rings. The van der Waals surface area contributed by atoms with Crippen molar-refractivity contribution in [3.8, 4) is 0 Å². The van der Waals surface area contributed by atoms with Crippen LogP contribution in [0.1, 0.15) is 45.0 Å². The second kappa shape index (κ2) is 6.18. The Kier molecular flexibility index (Phi) is 4.84. The molecule has 1 fully saturated rings. The Bertz CT molecular complexity index is 592. The van der Waals surface area contributed by atoms with Crippen LogP contribution in [-0.2, 0) is 9.53 Å². The van der Waals surface area contributed by atoms with Crippen molar-refractivity contribution in [3.63, 3.8) is 0 Å². The van der Waals surface area contributed by atoms with E-state index >= 15 is 0 Å². The molecular formula is C17H22INO3. The number of benzene rings is 1. The Morgan fingerprint density at radius 1 is 1.27 bits per heavy atom. The van der Waals surface area contributed by atoms with Gasteiger partial charge in [-0.25, -0.2) is 4.79 Å². The number of amides is 1. The van der Waals surface area contributed by atoms with Crippen LogP contribution in [0.2, 0.25) is 0 Å². The summed E-state index contributed by atoms with van der Waals surface area (Å²) in [5, 5.41) is 0. The second-order valence-corrected chi connectivity index (χ2v) is 8.20. The molecule has 1 aromatic carbocycles. The predicted molar refractivity (Wildman–Crippen MR) is 93.3 cm³/mol. The molecule has 0 unspecified atom stereocenters. The number of cyclic esters (lactones) is 1. The fraction of sp³-hybridized carbons (Fsp3) is 0.529. The Balaban J connectivity index is 2.48. The van der Waals surface area contributed by atoms with E-state index in [1.165, 1.54) is 0 Å². The van der Waals surface area contributed by atoms with E-state index < -0.39 is 12.3 Å². The first kappa shape index (κ1) is 17.2. The number of hydrogen-bond donors (Lipinski definition) is 0. The maximum atomic E-state index is 13.1. The highest BCUT2D eigenvalue weighted by Crippen LogP contribution is 2.36. The molecule has 1 amide bonds. The molecule has 22 heavy (non-hydrogen) atoms. The maximum Gasteiger partial charge on any atom is 0.331 e. The van der Waals surface area contributed by atoms with Gasteiger partial charge in [0.1, 0.15) is 6.04 Å². The van der Waals surface area contributed by atoms with Crippen LogP contribution in [-0.4, -0.2) is 29.0 Å². The topological polar surface area (TPSA) is 46.6 Å². The van der Waals surface area contributed by atoms with Crippen molar-refractivity contribution in [2.24, 2.45) is 11.3 Å². The van der Waals surface area contributed by atoms with E-state index in [-0.39, 0.29) is 23.2 Å². The minimum Gasteiger partial charge on any atom is -0.439 e. The van der Waals surface area contributed by atoms with E-state index in [1.807, 2.05) is 52.8 Å². The zero-order chi connectivity index (χ0) is 16.7. The van der Waals surface area contributed by atoms with Gasteiger partial charge in [-0.15, -0.1) is 0 Å². The van der Waals surface area contributed by atoms with Crippen molar-refractivity contribution < 1.29 is 14.3 Å². The largest absolute Gasteiger partial charge is 0.439 e. The Hall–Kier alpha value is -1.11. The first-order valence-corrected chi connectivity index (χ1v) is 8.50. The lowest BCUT2D eigenvalue weighted by molar-refractivity contribution is -0.147. The van der Waals surface area contributed by atoms with E-state index in [0.29, 0.717) is 5.56 Å². The SMILES string of the molecule is CC(C)[C@H]1C(=O)O[C@@H](C(C)(C)C)N1C(=O)c1ccccc1I. The summed E-state index contributed by atoms with van der Waals surface area (Å²) in [6, 6.07) is 6.89. The van der Waals surface area contributed by atoms with Crippen molar-refractivity contribution in [2.45, 2.75) is 46.9 Å². The number of ether oxygens (including phenoxy) is 1. The van der Waals surface area contributed by atoms with Crippen LogP contribution >= 0.6 is 22.6 Å². The summed E-state index contributed by atoms with van der Waals surface area (Å²) in [5.74, 6) is -0.450. The van der Waals surface area contributed by atoms with Gasteiger partial charge in [-0.3, -0.25) is 9.69 Å². The predicted octanol–water partition coefficient (Wildman–Crippen LogP) is 3.69. The molecule has 1 aliphatic rings. The smallest absolute Gasteiger partial charge is 0.331 e. The maximum absolute atomic E-state index is 13.1. The molecule has 2 atom stereocenters. The fourth-order valence-electron chi connectivity index (χ4n) is 2.69. The van der Waals surface area contributed by atoms with Crippen LogP contribution in [0.4, 0.5) is 0 Å². The lowest BCUT2D eigenvalue weighted by Gasteiger charge is -2.35. The summed E-state index contributed by atoms with van der Waals surface area (Å²) in [6.07, 6.45) is -0.545. The molecule has 5 heteroatoms. The monoisotopic (exact) mass is 415 g/mol. The van der Waals surface area contributed by atoms with Crippen molar-refractivity contribution in [1.29, 1.82) is 0 Å². The molecule has 0 aliphatic carbocycles. The van der Waals surface area contributed by atoms with Gasteiger partial charge in [0, 0.05) is 8.99 Å². The Labute approximate surface area is 145 Å². The molecule has 0 aromatic heterocycles. The van der Waals surface area contributed by atoms with Gasteiger partial charge < -0.3 is 4.74 Å². The molecule has 0 bridgehead atoms. The van der Waals surface area contributed by atoms with Gasteiger partial charge in [-0.2, -0.15) is 0 Å². The molecule has 1 saturated heterocycles. The average molecular weight is 415 g/mol. The van der Waals surface area contributed by atoms with Gasteiger partial charge in [0.05, 0.1) is 5.56 Å². The van der Waals surface area contributed by atoms with Gasteiger partial charge in [0.2, 0.25) is 0 Å². The molecule has 0 radical (unpaired) electrons. The van der Waals surface area contributed by atoms with Crippen LogP contribution in [0.15, 0.2) is 24.3 Å². The van der Waals surface area contributed by atoms with E-state index in [4.69, 9.17) is 4.74 Å². The van der Waals surface area contributed by atoms with E-state index in [9.17, 15) is 9.59 Å². The first-order chi connectivity index (χ1) is 10.1. The molecule has 0 saturated carbocycles. The van der Waals surface area contributed by atoms with E-state index in [2.05, 4.69) is 22.6 Å². The standard InChI is InChI=1S/C17H22INO3/c1-10(2)13-15(21)22-16(17(3,4)5)19(13)14(20)11-8-6-7-9-12(11)18/h6-10,13,16H,1-5H3/t13-,16-/m0/s1. The fourth-order valence-corrected chi connectivity index (χ4v) is 3.31. The highest BCUT2D eigenvalue weighted by atomic mass is 127. The zero-order valence-electron chi connectivity index (χ0n) is 13.6. The second-order valence-electron chi connectivity index (χ2n) is 7.04. The minimum atomic E-state index is -0.545. The van der Waals surface area contributed by atoms with Crippen molar-refractivity contribution in [2.75, 3.05) is 0 Å². The molecule has 0 N–H and O–H groups in total. The summed E-state index contributed by atoms with van der Waals surface area (Å²) in [7, 11) is 0. The third-order valence-corrected chi connectivity index (χ3v) is 4.67. The number of rotatable bonds is 2. The van der Waals surface area contributed by atoms with Gasteiger partial charge in [0.15, 0.2) is 6.23 Å². The van der Waals surface area contributed by atoms with Gasteiger partial charge in [-0.05, 0) is 40.6 Å². The molecule has 2 rings (SSSR count). The number of carbonyl (C=O) groups excluding carboxylic acids is 2. The molecule has 1 aliphatic heterocycles. The Morgan fingerprint density at radius 2 is 1.86 bits per heavy atom. The van der Waals surface area contributed by atoms with Crippen molar-refractivity contribution >= 4 is 34.5 Å². The van der Waals surface area contributed by atoms with Crippen molar-refractivity contribution in [3.05, 3.63) is 33.4 Å². The molecule has 4 nitrogen and oxygen atoms in total. The average Bonchev–Trinajstić information content (AvgIpc) is 2.76. The van der Waals surface area contributed by atoms with Crippen LogP contribution in [0, 0.1) is 14.9 Å². The minimum absolute atomic E-state index is 0.00479. The highest BCUT2D eigenvalue weighted by molar-refractivity contribution is 14.1. The summed E-state index contributed by atoms with van der Waals surface area (Å²) >= 11 is 2.15.